The molecule has 1 fully saturated rings. The summed E-state index contributed by atoms with van der Waals surface area (Å²) in [6.07, 6.45) is 1.01. The second-order valence-corrected chi connectivity index (χ2v) is 9.46. The molecule has 9 heteroatoms. The van der Waals surface area contributed by atoms with E-state index in [9.17, 15) is 8.42 Å². The van der Waals surface area contributed by atoms with Crippen LogP contribution in [-0.2, 0) is 16.6 Å². The fourth-order valence-electron chi connectivity index (χ4n) is 3.42. The van der Waals surface area contributed by atoms with E-state index in [1.165, 1.54) is 11.3 Å². The normalized spacial score (nSPS) is 16.6. The number of aliphatic imine (C=N–C) groups is 1. The molecule has 0 amide bonds. The molecule has 0 spiro atoms. The predicted molar refractivity (Wildman–Crippen MR) is 139 cm³/mol. The molecule has 0 bridgehead atoms. The van der Waals surface area contributed by atoms with E-state index >= 15 is 0 Å². The van der Waals surface area contributed by atoms with E-state index in [2.05, 4.69) is 56.4 Å². The van der Waals surface area contributed by atoms with E-state index in [1.807, 2.05) is 30.3 Å². The van der Waals surface area contributed by atoms with Gasteiger partial charge in [0, 0.05) is 45.0 Å². The van der Waals surface area contributed by atoms with Gasteiger partial charge in [0.05, 0.1) is 5.75 Å². The van der Waals surface area contributed by atoms with Gasteiger partial charge in [-0.05, 0) is 31.0 Å². The number of rotatable bonds is 8. The van der Waals surface area contributed by atoms with Gasteiger partial charge in [0.2, 0.25) is 10.0 Å². The average Bonchev–Trinajstić information content (AvgIpc) is 3.21. The van der Waals surface area contributed by atoms with E-state index in [4.69, 9.17) is 0 Å². The number of nitrogens with zero attached hydrogens (tertiary/aromatic N) is 2. The van der Waals surface area contributed by atoms with Crippen molar-refractivity contribution < 1.29 is 8.42 Å². The lowest BCUT2D eigenvalue weighted by Gasteiger charge is -2.20. The average molecular weight is 558 g/mol. The summed E-state index contributed by atoms with van der Waals surface area (Å²) in [5, 5.41) is 6.52. The predicted octanol–water partition coefficient (Wildman–Crippen LogP) is 2.48. The Balaban J connectivity index is 0.00000341. The summed E-state index contributed by atoms with van der Waals surface area (Å²) in [7, 11) is -1.66. The largest absolute Gasteiger partial charge is 0.369 e. The van der Waals surface area contributed by atoms with Crippen molar-refractivity contribution in [2.45, 2.75) is 25.9 Å². The number of guanidine groups is 1. The maximum Gasteiger partial charge on any atom is 0.213 e. The highest BCUT2D eigenvalue weighted by Crippen LogP contribution is 2.20. The first-order valence-corrected chi connectivity index (χ1v) is 11.9. The van der Waals surface area contributed by atoms with Gasteiger partial charge in [0.1, 0.15) is 0 Å². The van der Waals surface area contributed by atoms with Gasteiger partial charge >= 0.3 is 0 Å². The van der Waals surface area contributed by atoms with E-state index < -0.39 is 10.0 Å². The minimum Gasteiger partial charge on any atom is -0.369 e. The van der Waals surface area contributed by atoms with Crippen LogP contribution in [0.3, 0.4) is 0 Å². The minimum atomic E-state index is -3.36. The van der Waals surface area contributed by atoms with Gasteiger partial charge in [-0.15, -0.1) is 24.0 Å². The molecule has 1 heterocycles. The highest BCUT2D eigenvalue weighted by molar-refractivity contribution is 14.0. The van der Waals surface area contributed by atoms with Gasteiger partial charge in [-0.2, -0.15) is 0 Å². The molecule has 2 aromatic carbocycles. The number of aryl methyl sites for hydroxylation is 1. The first-order valence-electron chi connectivity index (χ1n) is 10.3. The van der Waals surface area contributed by atoms with Crippen LogP contribution in [0.25, 0.3) is 0 Å². The Labute approximate surface area is 202 Å². The quantitative estimate of drug-likeness (QED) is 0.264. The lowest BCUT2D eigenvalue weighted by molar-refractivity contribution is 0.579. The molecule has 1 unspecified atom stereocenters. The van der Waals surface area contributed by atoms with Crippen molar-refractivity contribution in [2.24, 2.45) is 4.99 Å². The molecule has 0 radical (unpaired) electrons. The molecule has 1 atom stereocenters. The lowest BCUT2D eigenvalue weighted by atomic mass is 10.2. The third kappa shape index (κ3) is 8.30. The SMILES string of the molecule is CN=C(NCCS(=O)(=O)NCc1ccccc1)NC1CCN(c2ccc(C)cc2)C1.I. The molecule has 2 aromatic rings. The summed E-state index contributed by atoms with van der Waals surface area (Å²) < 4.78 is 27.1. The standard InChI is InChI=1S/C22H31N5O2S.HI/c1-18-8-10-21(11-9-18)27-14-12-20(17-27)26-22(23-2)24-13-15-30(28,29)25-16-19-6-4-3-5-7-19;/h3-11,20,25H,12-17H2,1-2H3,(H2,23,24,26);1H. The number of sulfonamides is 1. The van der Waals surface area contributed by atoms with Crippen LogP contribution < -0.4 is 20.3 Å². The van der Waals surface area contributed by atoms with Crippen LogP contribution in [0.4, 0.5) is 5.69 Å². The Morgan fingerprint density at radius 2 is 1.84 bits per heavy atom. The third-order valence-electron chi connectivity index (χ3n) is 5.15. The van der Waals surface area contributed by atoms with Crippen LogP contribution in [0.5, 0.6) is 0 Å². The topological polar surface area (TPSA) is 85.8 Å². The van der Waals surface area contributed by atoms with Crippen molar-refractivity contribution >= 4 is 45.6 Å². The number of halogens is 1. The summed E-state index contributed by atoms with van der Waals surface area (Å²) in [6, 6.07) is 18.3. The zero-order chi connectivity index (χ0) is 21.4. The van der Waals surface area contributed by atoms with Crippen LogP contribution in [0, 0.1) is 6.92 Å². The monoisotopic (exact) mass is 557 g/mol. The third-order valence-corrected chi connectivity index (χ3v) is 6.48. The maximum atomic E-state index is 12.2. The molecule has 1 aliphatic rings. The lowest BCUT2D eigenvalue weighted by Crippen LogP contribution is -2.46. The van der Waals surface area contributed by atoms with E-state index in [-0.39, 0.29) is 42.3 Å². The van der Waals surface area contributed by atoms with Crippen molar-refractivity contribution in [3.8, 4) is 0 Å². The van der Waals surface area contributed by atoms with Crippen LogP contribution in [0.2, 0.25) is 0 Å². The van der Waals surface area contributed by atoms with Crippen molar-refractivity contribution in [2.75, 3.05) is 37.3 Å². The molecule has 3 rings (SSSR count). The van der Waals surface area contributed by atoms with Gasteiger partial charge in [-0.3, -0.25) is 4.99 Å². The Bertz CT molecular complexity index is 936. The van der Waals surface area contributed by atoms with Gasteiger partial charge in [-0.25, -0.2) is 13.1 Å². The molecule has 0 aliphatic carbocycles. The van der Waals surface area contributed by atoms with Crippen LogP contribution in [0.1, 0.15) is 17.5 Å². The van der Waals surface area contributed by atoms with Crippen molar-refractivity contribution in [1.82, 2.24) is 15.4 Å². The molecule has 7 nitrogen and oxygen atoms in total. The van der Waals surface area contributed by atoms with Crippen LogP contribution in [0.15, 0.2) is 59.6 Å². The number of anilines is 1. The Kier molecular flexibility index (Phi) is 10.0. The van der Waals surface area contributed by atoms with Gasteiger partial charge in [0.15, 0.2) is 5.96 Å². The van der Waals surface area contributed by atoms with Gasteiger partial charge in [-0.1, -0.05) is 48.0 Å². The summed E-state index contributed by atoms with van der Waals surface area (Å²) in [5.74, 6) is 0.616. The second kappa shape index (κ2) is 12.3. The van der Waals surface area contributed by atoms with Crippen molar-refractivity contribution in [3.05, 3.63) is 65.7 Å². The highest BCUT2D eigenvalue weighted by atomic mass is 127. The van der Waals surface area contributed by atoms with Gasteiger partial charge in [0.25, 0.3) is 0 Å². The Morgan fingerprint density at radius 1 is 1.13 bits per heavy atom. The summed E-state index contributed by atoms with van der Waals surface area (Å²) in [5.41, 5.74) is 3.42. The summed E-state index contributed by atoms with van der Waals surface area (Å²) >= 11 is 0. The van der Waals surface area contributed by atoms with E-state index in [0.717, 1.165) is 25.1 Å². The van der Waals surface area contributed by atoms with Crippen LogP contribution >= 0.6 is 24.0 Å². The van der Waals surface area contributed by atoms with Gasteiger partial charge < -0.3 is 15.5 Å². The molecule has 31 heavy (non-hydrogen) atoms. The minimum absolute atomic E-state index is 0. The number of nitrogens with one attached hydrogen (secondary N) is 3. The number of hydrogen-bond acceptors (Lipinski definition) is 4. The van der Waals surface area contributed by atoms with Crippen molar-refractivity contribution in [1.29, 1.82) is 0 Å². The smallest absolute Gasteiger partial charge is 0.213 e. The first kappa shape index (κ1) is 25.4. The van der Waals surface area contributed by atoms with E-state index in [0.29, 0.717) is 12.5 Å². The second-order valence-electron chi connectivity index (χ2n) is 7.54. The van der Waals surface area contributed by atoms with Crippen molar-refractivity contribution in [3.63, 3.8) is 0 Å². The molecule has 1 aliphatic heterocycles. The zero-order valence-electron chi connectivity index (χ0n) is 18.0. The molecule has 3 N–H and O–H groups in total. The summed E-state index contributed by atoms with van der Waals surface area (Å²) in [6.45, 7) is 4.55. The first-order chi connectivity index (χ1) is 14.4. The zero-order valence-corrected chi connectivity index (χ0v) is 21.2. The maximum absolute atomic E-state index is 12.2. The fraction of sp³-hybridized carbons (Fsp3) is 0.409. The highest BCUT2D eigenvalue weighted by Gasteiger charge is 2.23. The molecule has 0 aromatic heterocycles. The van der Waals surface area contributed by atoms with E-state index in [1.54, 1.807) is 7.05 Å². The Hall–Kier alpha value is -1.85. The summed E-state index contributed by atoms with van der Waals surface area (Å²) in [4.78, 5) is 6.58. The van der Waals surface area contributed by atoms with Crippen LogP contribution in [-0.4, -0.2) is 52.9 Å². The molecular weight excluding hydrogens is 525 g/mol. The Morgan fingerprint density at radius 3 is 2.52 bits per heavy atom. The number of benzene rings is 2. The fourth-order valence-corrected chi connectivity index (χ4v) is 4.32. The molecule has 1 saturated heterocycles. The number of hydrogen-bond donors (Lipinski definition) is 3. The molecule has 170 valence electrons. The molecule has 0 saturated carbocycles. The molecular formula is C22H32IN5O2S.